The van der Waals surface area contributed by atoms with Crippen molar-refractivity contribution in [1.29, 1.82) is 0 Å². The zero-order valence-corrected chi connectivity index (χ0v) is 13.1. The first kappa shape index (κ1) is 16.0. The van der Waals surface area contributed by atoms with E-state index in [0.29, 0.717) is 25.4 Å². The van der Waals surface area contributed by atoms with Gasteiger partial charge in [-0.05, 0) is 31.4 Å². The van der Waals surface area contributed by atoms with Crippen LogP contribution < -0.4 is 10.8 Å². The van der Waals surface area contributed by atoms with Crippen molar-refractivity contribution in [2.75, 3.05) is 19.6 Å². The summed E-state index contributed by atoms with van der Waals surface area (Å²) in [5, 5.41) is 12.0. The fraction of sp³-hybridized carbons (Fsp3) is 0.529. The first-order chi connectivity index (χ1) is 11.2. The first-order valence-corrected chi connectivity index (χ1v) is 8.21. The predicted octanol–water partition coefficient (Wildman–Crippen LogP) is 0.876. The highest BCUT2D eigenvalue weighted by molar-refractivity contribution is 5.90. The van der Waals surface area contributed by atoms with Crippen molar-refractivity contribution >= 4 is 11.8 Å². The molecule has 1 aromatic carbocycles. The number of carbonyl (C=O) groups excluding carboxylic acids is 2. The number of amides is 2. The molecule has 6 nitrogen and oxygen atoms in total. The fourth-order valence-corrected chi connectivity index (χ4v) is 3.67. The minimum absolute atomic E-state index is 0.0308. The third-order valence-corrected chi connectivity index (χ3v) is 4.94. The number of benzene rings is 1. The summed E-state index contributed by atoms with van der Waals surface area (Å²) in [4.78, 5) is 26.5. The highest BCUT2D eigenvalue weighted by atomic mass is 16.5. The first-order valence-electron chi connectivity index (χ1n) is 8.21. The van der Waals surface area contributed by atoms with Crippen molar-refractivity contribution in [2.24, 2.45) is 5.92 Å². The number of hydroxylamine groups is 1. The SMILES string of the molecule is O=C(NO)[C@H]1CCCN[C@@H]1C(=O)N1CC[C@H](c2ccccc2)C1. The molecule has 0 unspecified atom stereocenters. The molecule has 2 amide bonds. The van der Waals surface area contributed by atoms with E-state index in [4.69, 9.17) is 5.21 Å². The molecule has 0 saturated carbocycles. The molecule has 3 atom stereocenters. The number of nitrogens with zero attached hydrogens (tertiary/aromatic N) is 1. The molecular formula is C17H23N3O3. The van der Waals surface area contributed by atoms with E-state index in [-0.39, 0.29) is 5.91 Å². The Morgan fingerprint density at radius 2 is 2.00 bits per heavy atom. The Hall–Kier alpha value is -1.92. The highest BCUT2D eigenvalue weighted by Gasteiger charge is 2.39. The van der Waals surface area contributed by atoms with Crippen LogP contribution in [0.2, 0.25) is 0 Å². The molecule has 1 aromatic rings. The van der Waals surface area contributed by atoms with Crippen molar-refractivity contribution in [3.8, 4) is 0 Å². The highest BCUT2D eigenvalue weighted by Crippen LogP contribution is 2.28. The molecule has 3 N–H and O–H groups in total. The molecule has 0 aromatic heterocycles. The van der Waals surface area contributed by atoms with Gasteiger partial charge >= 0.3 is 0 Å². The number of piperidine rings is 1. The standard InChI is InChI=1S/C17H23N3O3/c21-16(19-23)14-7-4-9-18-15(14)17(22)20-10-8-13(11-20)12-5-2-1-3-6-12/h1-3,5-6,13-15,18,23H,4,7-11H2,(H,19,21)/t13-,14-,15-/m0/s1. The summed E-state index contributed by atoms with van der Waals surface area (Å²) in [5.74, 6) is -0.656. The van der Waals surface area contributed by atoms with Gasteiger partial charge in [0.05, 0.1) is 12.0 Å². The summed E-state index contributed by atoms with van der Waals surface area (Å²) >= 11 is 0. The number of rotatable bonds is 3. The van der Waals surface area contributed by atoms with Gasteiger partial charge in [-0.3, -0.25) is 14.8 Å². The normalized spacial score (nSPS) is 27.7. The van der Waals surface area contributed by atoms with Gasteiger partial charge in [-0.25, -0.2) is 5.48 Å². The molecular weight excluding hydrogens is 294 g/mol. The van der Waals surface area contributed by atoms with Crippen LogP contribution in [0.15, 0.2) is 30.3 Å². The van der Waals surface area contributed by atoms with E-state index in [1.54, 1.807) is 5.48 Å². The Kier molecular flexibility index (Phi) is 4.93. The summed E-state index contributed by atoms with van der Waals surface area (Å²) in [7, 11) is 0. The average molecular weight is 317 g/mol. The van der Waals surface area contributed by atoms with Gasteiger partial charge in [-0.15, -0.1) is 0 Å². The van der Waals surface area contributed by atoms with Gasteiger partial charge in [0.2, 0.25) is 11.8 Å². The van der Waals surface area contributed by atoms with E-state index >= 15 is 0 Å². The fourth-order valence-electron chi connectivity index (χ4n) is 3.67. The summed E-state index contributed by atoms with van der Waals surface area (Å²) in [6.45, 7) is 2.13. The maximum absolute atomic E-state index is 12.8. The topological polar surface area (TPSA) is 81.7 Å². The van der Waals surface area contributed by atoms with Crippen LogP contribution in [0.4, 0.5) is 0 Å². The van der Waals surface area contributed by atoms with Crippen molar-refractivity contribution in [1.82, 2.24) is 15.7 Å². The van der Waals surface area contributed by atoms with Crippen LogP contribution in [0.3, 0.4) is 0 Å². The molecule has 2 aliphatic heterocycles. The van der Waals surface area contributed by atoms with E-state index in [0.717, 1.165) is 19.4 Å². The lowest BCUT2D eigenvalue weighted by molar-refractivity contribution is -0.143. The van der Waals surface area contributed by atoms with E-state index in [9.17, 15) is 9.59 Å². The minimum Gasteiger partial charge on any atom is -0.341 e. The summed E-state index contributed by atoms with van der Waals surface area (Å²) in [5.41, 5.74) is 2.95. The van der Waals surface area contributed by atoms with Crippen LogP contribution in [-0.2, 0) is 9.59 Å². The lowest BCUT2D eigenvalue weighted by atomic mass is 9.89. The van der Waals surface area contributed by atoms with Gasteiger partial charge in [-0.2, -0.15) is 0 Å². The number of nitrogens with one attached hydrogen (secondary N) is 2. The molecule has 3 rings (SSSR count). The quantitative estimate of drug-likeness (QED) is 0.571. The maximum Gasteiger partial charge on any atom is 0.248 e. The Morgan fingerprint density at radius 3 is 2.74 bits per heavy atom. The second-order valence-corrected chi connectivity index (χ2v) is 6.34. The molecule has 2 fully saturated rings. The Morgan fingerprint density at radius 1 is 1.22 bits per heavy atom. The smallest absolute Gasteiger partial charge is 0.248 e. The molecule has 124 valence electrons. The van der Waals surface area contributed by atoms with Gasteiger partial charge in [0.1, 0.15) is 0 Å². The van der Waals surface area contributed by atoms with Gasteiger partial charge in [0.25, 0.3) is 0 Å². The van der Waals surface area contributed by atoms with Gasteiger partial charge in [0.15, 0.2) is 0 Å². The van der Waals surface area contributed by atoms with Crippen LogP contribution >= 0.6 is 0 Å². The third kappa shape index (κ3) is 3.38. The second-order valence-electron chi connectivity index (χ2n) is 6.34. The van der Waals surface area contributed by atoms with Crippen LogP contribution in [0, 0.1) is 5.92 Å². The predicted molar refractivity (Wildman–Crippen MR) is 84.8 cm³/mol. The molecule has 2 saturated heterocycles. The zero-order valence-electron chi connectivity index (χ0n) is 13.1. The molecule has 0 radical (unpaired) electrons. The van der Waals surface area contributed by atoms with E-state index in [1.807, 2.05) is 23.1 Å². The molecule has 0 bridgehead atoms. The number of hydrogen-bond acceptors (Lipinski definition) is 4. The van der Waals surface area contributed by atoms with E-state index in [1.165, 1.54) is 5.56 Å². The zero-order chi connectivity index (χ0) is 16.2. The van der Waals surface area contributed by atoms with Crippen molar-refractivity contribution in [2.45, 2.75) is 31.2 Å². The maximum atomic E-state index is 12.8. The van der Waals surface area contributed by atoms with Crippen molar-refractivity contribution in [3.63, 3.8) is 0 Å². The Bertz CT molecular complexity index is 563. The summed E-state index contributed by atoms with van der Waals surface area (Å²) in [6, 6.07) is 9.68. The van der Waals surface area contributed by atoms with Gasteiger partial charge in [-0.1, -0.05) is 30.3 Å². The monoisotopic (exact) mass is 317 g/mol. The molecule has 0 aliphatic carbocycles. The molecule has 6 heteroatoms. The molecule has 23 heavy (non-hydrogen) atoms. The van der Waals surface area contributed by atoms with Crippen LogP contribution in [-0.4, -0.2) is 47.6 Å². The van der Waals surface area contributed by atoms with E-state index in [2.05, 4.69) is 17.4 Å². The third-order valence-electron chi connectivity index (χ3n) is 4.94. The number of carbonyl (C=O) groups is 2. The largest absolute Gasteiger partial charge is 0.341 e. The van der Waals surface area contributed by atoms with Gasteiger partial charge < -0.3 is 10.2 Å². The average Bonchev–Trinajstić information content (AvgIpc) is 3.11. The summed E-state index contributed by atoms with van der Waals surface area (Å²) < 4.78 is 0. The van der Waals surface area contributed by atoms with Crippen molar-refractivity contribution in [3.05, 3.63) is 35.9 Å². The molecule has 2 aliphatic rings. The van der Waals surface area contributed by atoms with E-state index < -0.39 is 17.9 Å². The van der Waals surface area contributed by atoms with Crippen LogP contribution in [0.1, 0.15) is 30.7 Å². The number of hydrogen-bond donors (Lipinski definition) is 3. The Balaban J connectivity index is 1.67. The lowest BCUT2D eigenvalue weighted by Gasteiger charge is -2.32. The molecule has 2 heterocycles. The van der Waals surface area contributed by atoms with Crippen molar-refractivity contribution < 1.29 is 14.8 Å². The minimum atomic E-state index is -0.537. The lowest BCUT2D eigenvalue weighted by Crippen LogP contribution is -2.56. The van der Waals surface area contributed by atoms with Gasteiger partial charge in [0, 0.05) is 19.0 Å². The Labute approximate surface area is 135 Å². The van der Waals surface area contributed by atoms with Crippen LogP contribution in [0.25, 0.3) is 0 Å². The summed E-state index contributed by atoms with van der Waals surface area (Å²) in [6.07, 6.45) is 2.39. The molecule has 0 spiro atoms. The second kappa shape index (κ2) is 7.10. The van der Waals surface area contributed by atoms with Crippen LogP contribution in [0.5, 0.6) is 0 Å². The number of likely N-dealkylation sites (tertiary alicyclic amines) is 1.